The highest BCUT2D eigenvalue weighted by molar-refractivity contribution is 5.81. The number of hydrogen-bond donors (Lipinski definition) is 7. The first kappa shape index (κ1) is 50.1. The maximum absolute atomic E-state index is 12.6. The third kappa shape index (κ3) is 17.5. The number of fused-ring (bicyclic) bond motifs is 3. The Labute approximate surface area is 333 Å². The Morgan fingerprint density at radius 2 is 1.15 bits per heavy atom. The van der Waals surface area contributed by atoms with E-state index in [-0.39, 0.29) is 18.9 Å². The maximum Gasteiger partial charge on any atom is 0.490 e. The molecule has 0 radical (unpaired) electrons. The van der Waals surface area contributed by atoms with E-state index in [1.54, 1.807) is 10.9 Å². The minimum Gasteiger partial charge on any atom is -0.480 e. The SMILES string of the molecule is O=C(N[C@@H](Cc1cn(CCN2CCNCCNCC2)nn1)C(=O)O)OCC1c2ccccc2-c2ccccc21.O=C(O)C(F)(F)F.O=C(O)C(F)(F)F.O=C(O)C(F)(F)F. The molecule has 1 fully saturated rings. The molecule has 3 aromatic rings. The van der Waals surface area contributed by atoms with Crippen molar-refractivity contribution in [1.29, 1.82) is 0 Å². The molecule has 332 valence electrons. The maximum atomic E-state index is 12.6. The number of nitrogens with zero attached hydrogens (tertiary/aromatic N) is 4. The molecule has 7 N–H and O–H groups in total. The molecule has 0 bridgehead atoms. The highest BCUT2D eigenvalue weighted by Crippen LogP contribution is 2.44. The Balaban J connectivity index is 0.000000485. The number of alkyl halides is 9. The molecule has 5 rings (SSSR count). The van der Waals surface area contributed by atoms with Crippen LogP contribution in [0.1, 0.15) is 22.7 Å². The first-order valence-corrected chi connectivity index (χ1v) is 17.2. The predicted octanol–water partition coefficient (Wildman–Crippen LogP) is 3.21. The summed E-state index contributed by atoms with van der Waals surface area (Å²) in [6.07, 6.45) is -14.3. The molecule has 26 heteroatoms. The lowest BCUT2D eigenvalue weighted by atomic mass is 9.98. The van der Waals surface area contributed by atoms with E-state index >= 15 is 0 Å². The van der Waals surface area contributed by atoms with E-state index in [2.05, 4.69) is 43.3 Å². The fourth-order valence-corrected chi connectivity index (χ4v) is 5.21. The topological polar surface area (TPSA) is 246 Å². The van der Waals surface area contributed by atoms with Crippen LogP contribution in [0.4, 0.5) is 44.3 Å². The quantitative estimate of drug-likeness (QED) is 0.153. The van der Waals surface area contributed by atoms with Gasteiger partial charge in [-0.25, -0.2) is 24.0 Å². The van der Waals surface area contributed by atoms with E-state index in [9.17, 15) is 54.2 Å². The molecule has 1 amide bonds. The van der Waals surface area contributed by atoms with E-state index in [0.717, 1.165) is 68.1 Å². The van der Waals surface area contributed by atoms with Crippen LogP contribution in [0.25, 0.3) is 11.1 Å². The lowest BCUT2D eigenvalue weighted by molar-refractivity contribution is -0.193. The number of benzene rings is 2. The second-order valence-corrected chi connectivity index (χ2v) is 12.3. The largest absolute Gasteiger partial charge is 0.490 e. The fraction of sp³-hybridized carbons (Fsp3) is 0.441. The molecule has 0 saturated carbocycles. The molecular weight excluding hydrogens is 837 g/mol. The zero-order chi connectivity index (χ0) is 45.3. The summed E-state index contributed by atoms with van der Waals surface area (Å²) in [4.78, 5) is 53.6. The summed E-state index contributed by atoms with van der Waals surface area (Å²) in [6.45, 7) is 7.28. The normalized spacial score (nSPS) is 14.9. The van der Waals surface area contributed by atoms with Gasteiger partial charge in [0.25, 0.3) is 0 Å². The lowest BCUT2D eigenvalue weighted by Gasteiger charge is -2.21. The Kier molecular flexibility index (Phi) is 19.2. The van der Waals surface area contributed by atoms with Crippen molar-refractivity contribution in [2.75, 3.05) is 52.4 Å². The van der Waals surface area contributed by atoms with Crippen LogP contribution >= 0.6 is 0 Å². The zero-order valence-corrected chi connectivity index (χ0v) is 30.9. The highest BCUT2D eigenvalue weighted by Gasteiger charge is 2.39. The number of aliphatic carboxylic acids is 4. The molecule has 60 heavy (non-hydrogen) atoms. The number of carboxylic acids is 4. The first-order chi connectivity index (χ1) is 27.9. The Morgan fingerprint density at radius 1 is 0.717 bits per heavy atom. The van der Waals surface area contributed by atoms with Gasteiger partial charge in [0, 0.05) is 64.3 Å². The summed E-state index contributed by atoms with van der Waals surface area (Å²) < 4.78 is 102. The smallest absolute Gasteiger partial charge is 0.480 e. The standard InChI is InChI=1S/C28H35N7O4.3C2HF3O2/c36-27(37)26(17-20-18-35(33-32-20)16-15-34-13-11-29-9-10-30-12-14-34)31-28(38)39-19-25-23-7-3-1-5-21(23)22-6-2-4-8-24(22)25;3*3-2(4,5)1(6)7/h1-8,18,25-26,29-30H,9-17,19H2,(H,31,38)(H,36,37);3*(H,6,7)/t26-;;;/m0.../s1. The van der Waals surface area contributed by atoms with Crippen molar-refractivity contribution >= 4 is 30.0 Å². The van der Waals surface area contributed by atoms with Crippen molar-refractivity contribution in [3.63, 3.8) is 0 Å². The number of hydrogen-bond acceptors (Lipinski definition) is 11. The summed E-state index contributed by atoms with van der Waals surface area (Å²) in [5, 5.41) is 48.7. The molecule has 2 heterocycles. The van der Waals surface area contributed by atoms with Crippen molar-refractivity contribution in [3.05, 3.63) is 71.5 Å². The van der Waals surface area contributed by atoms with Crippen LogP contribution < -0.4 is 16.0 Å². The molecule has 1 aromatic heterocycles. The van der Waals surface area contributed by atoms with E-state index in [0.29, 0.717) is 12.2 Å². The molecule has 1 saturated heterocycles. The highest BCUT2D eigenvalue weighted by atomic mass is 19.4. The van der Waals surface area contributed by atoms with Crippen LogP contribution in [-0.2, 0) is 36.9 Å². The molecule has 2 aromatic carbocycles. The van der Waals surface area contributed by atoms with Crippen LogP contribution in [0.15, 0.2) is 54.7 Å². The Bertz CT molecular complexity index is 1780. The van der Waals surface area contributed by atoms with Gasteiger partial charge in [-0.3, -0.25) is 9.58 Å². The van der Waals surface area contributed by atoms with E-state index < -0.39 is 54.5 Å². The summed E-state index contributed by atoms with van der Waals surface area (Å²) in [6, 6.07) is 14.9. The second-order valence-electron chi connectivity index (χ2n) is 12.3. The average molecular weight is 876 g/mol. The van der Waals surface area contributed by atoms with Gasteiger partial charge in [0.2, 0.25) is 0 Å². The molecule has 0 spiro atoms. The summed E-state index contributed by atoms with van der Waals surface area (Å²) in [5.74, 6) is -9.53. The number of amides is 1. The van der Waals surface area contributed by atoms with Crippen LogP contribution in [-0.4, -0.2) is 147 Å². The Morgan fingerprint density at radius 3 is 1.57 bits per heavy atom. The third-order valence-corrected chi connectivity index (χ3v) is 7.99. The molecule has 1 atom stereocenters. The van der Waals surface area contributed by atoms with Gasteiger partial charge in [-0.1, -0.05) is 53.7 Å². The molecular formula is C34H38F9N7O10. The van der Waals surface area contributed by atoms with Crippen molar-refractivity contribution < 1.29 is 88.6 Å². The minimum absolute atomic E-state index is 0.0110. The first-order valence-electron chi connectivity index (χ1n) is 17.2. The predicted molar refractivity (Wildman–Crippen MR) is 187 cm³/mol. The van der Waals surface area contributed by atoms with E-state index in [1.807, 2.05) is 36.4 Å². The van der Waals surface area contributed by atoms with Crippen molar-refractivity contribution in [2.24, 2.45) is 0 Å². The Hall–Kier alpha value is -6.02. The lowest BCUT2D eigenvalue weighted by Crippen LogP contribution is -2.43. The van der Waals surface area contributed by atoms with Gasteiger partial charge in [-0.05, 0) is 22.3 Å². The summed E-state index contributed by atoms with van der Waals surface area (Å²) in [5.41, 5.74) is 4.94. The third-order valence-electron chi connectivity index (χ3n) is 7.99. The van der Waals surface area contributed by atoms with E-state index in [4.69, 9.17) is 34.4 Å². The monoisotopic (exact) mass is 875 g/mol. The van der Waals surface area contributed by atoms with Crippen LogP contribution in [0.3, 0.4) is 0 Å². The average Bonchev–Trinajstić information content (AvgIpc) is 3.77. The van der Waals surface area contributed by atoms with Gasteiger partial charge in [0.1, 0.15) is 12.6 Å². The van der Waals surface area contributed by atoms with Crippen molar-refractivity contribution in [3.8, 4) is 11.1 Å². The molecule has 1 aliphatic heterocycles. The van der Waals surface area contributed by atoms with Gasteiger partial charge in [0.05, 0.1) is 12.2 Å². The number of halogens is 9. The molecule has 17 nitrogen and oxygen atoms in total. The van der Waals surface area contributed by atoms with Gasteiger partial charge in [-0.2, -0.15) is 39.5 Å². The van der Waals surface area contributed by atoms with Crippen LogP contribution in [0.5, 0.6) is 0 Å². The number of aromatic nitrogens is 3. The number of carbonyl (C=O) groups is 5. The number of carboxylic acid groups (broad SMARTS) is 4. The van der Waals surface area contributed by atoms with Crippen LogP contribution in [0.2, 0.25) is 0 Å². The second kappa shape index (κ2) is 22.9. The van der Waals surface area contributed by atoms with E-state index in [1.165, 1.54) is 0 Å². The molecule has 0 unspecified atom stereocenters. The number of ether oxygens (including phenoxy) is 1. The van der Waals surface area contributed by atoms with Gasteiger partial charge >= 0.3 is 48.5 Å². The summed E-state index contributed by atoms with van der Waals surface area (Å²) >= 11 is 0. The number of alkyl carbamates (subject to hydrolysis) is 1. The fourth-order valence-electron chi connectivity index (χ4n) is 5.21. The summed E-state index contributed by atoms with van der Waals surface area (Å²) in [7, 11) is 0. The number of carbonyl (C=O) groups excluding carboxylic acids is 1. The molecule has 1 aliphatic carbocycles. The van der Waals surface area contributed by atoms with Crippen molar-refractivity contribution in [1.82, 2.24) is 35.8 Å². The number of rotatable bonds is 9. The van der Waals surface area contributed by atoms with Crippen molar-refractivity contribution in [2.45, 2.75) is 43.5 Å². The van der Waals surface area contributed by atoms with Gasteiger partial charge in [-0.15, -0.1) is 5.10 Å². The van der Waals surface area contributed by atoms with Gasteiger partial charge in [0.15, 0.2) is 0 Å². The van der Waals surface area contributed by atoms with Gasteiger partial charge < -0.3 is 41.1 Å². The minimum atomic E-state index is -5.08. The zero-order valence-electron chi connectivity index (χ0n) is 30.9. The molecule has 2 aliphatic rings. The van der Waals surface area contributed by atoms with Crippen LogP contribution in [0, 0.1) is 0 Å². The number of nitrogens with one attached hydrogen (secondary N) is 3.